The number of nitrogens with zero attached hydrogens (tertiary/aromatic N) is 2. The summed E-state index contributed by atoms with van der Waals surface area (Å²) in [4.78, 5) is 38.4. The van der Waals surface area contributed by atoms with E-state index < -0.39 is 35.4 Å². The Morgan fingerprint density at radius 3 is 2.45 bits per heavy atom. The van der Waals surface area contributed by atoms with Crippen molar-refractivity contribution >= 4 is 40.7 Å². The highest BCUT2D eigenvalue weighted by atomic mass is 32.1. The van der Waals surface area contributed by atoms with Gasteiger partial charge < -0.3 is 5.32 Å². The largest absolute Gasteiger partial charge is 0.326 e. The lowest BCUT2D eigenvalue weighted by atomic mass is 10.2. The van der Waals surface area contributed by atoms with Gasteiger partial charge in [0, 0.05) is 18.3 Å². The predicted molar refractivity (Wildman–Crippen MR) is 105 cm³/mol. The number of anilines is 1. The maximum Gasteiger partial charge on any atom is 0.269 e. The van der Waals surface area contributed by atoms with Crippen LogP contribution in [0.2, 0.25) is 0 Å². The third-order valence-corrected chi connectivity index (χ3v) is 4.71. The first-order valence-electron chi connectivity index (χ1n) is 8.49. The molecule has 10 heteroatoms. The van der Waals surface area contributed by atoms with Gasteiger partial charge in [0.1, 0.15) is 17.7 Å². The second kappa shape index (κ2) is 8.31. The molecule has 0 spiro atoms. The molecule has 1 saturated heterocycles. The molecule has 0 bridgehead atoms. The molecule has 1 aliphatic rings. The standard InChI is InChI=1S/C19H16F2N4O3S/c1-24-18(28)15(10-16(26)22-14-7-5-12(20)6-8-14)25(19(24)29)23-17(27)11-3-2-4-13(21)9-11/h2-9,15H,10H2,1H3,(H,22,26)(H,23,27)/t15-/m0/s1. The number of carbonyl (C=O) groups excluding carboxylic acids is 3. The van der Waals surface area contributed by atoms with Crippen LogP contribution >= 0.6 is 12.2 Å². The van der Waals surface area contributed by atoms with Gasteiger partial charge in [-0.25, -0.2) is 13.8 Å². The van der Waals surface area contributed by atoms with Crippen molar-refractivity contribution in [1.29, 1.82) is 0 Å². The fraction of sp³-hybridized carbons (Fsp3) is 0.158. The van der Waals surface area contributed by atoms with E-state index in [0.717, 1.165) is 16.0 Å². The van der Waals surface area contributed by atoms with Crippen LogP contribution in [-0.2, 0) is 9.59 Å². The number of hydrazine groups is 1. The fourth-order valence-corrected chi connectivity index (χ4v) is 3.01. The van der Waals surface area contributed by atoms with Crippen molar-refractivity contribution in [1.82, 2.24) is 15.3 Å². The molecule has 29 heavy (non-hydrogen) atoms. The molecule has 1 atom stereocenters. The Morgan fingerprint density at radius 2 is 1.79 bits per heavy atom. The smallest absolute Gasteiger partial charge is 0.269 e. The van der Waals surface area contributed by atoms with Gasteiger partial charge in [0.25, 0.3) is 11.8 Å². The number of nitrogens with one attached hydrogen (secondary N) is 2. The van der Waals surface area contributed by atoms with Gasteiger partial charge in [-0.3, -0.25) is 24.7 Å². The van der Waals surface area contributed by atoms with Crippen LogP contribution in [0.3, 0.4) is 0 Å². The Bertz CT molecular complexity index is 984. The lowest BCUT2D eigenvalue weighted by Crippen LogP contribution is -2.49. The summed E-state index contributed by atoms with van der Waals surface area (Å²) in [6.07, 6.45) is -0.315. The third-order valence-electron chi connectivity index (χ3n) is 4.24. The van der Waals surface area contributed by atoms with Gasteiger partial charge >= 0.3 is 0 Å². The molecule has 1 aliphatic heterocycles. The first-order chi connectivity index (χ1) is 13.8. The van der Waals surface area contributed by atoms with Crippen LogP contribution in [0.4, 0.5) is 14.5 Å². The summed E-state index contributed by atoms with van der Waals surface area (Å²) in [6.45, 7) is 0. The molecule has 150 valence electrons. The molecule has 0 saturated carbocycles. The average molecular weight is 418 g/mol. The van der Waals surface area contributed by atoms with Crippen molar-refractivity contribution < 1.29 is 23.2 Å². The van der Waals surface area contributed by atoms with Gasteiger partial charge in [-0.1, -0.05) is 6.07 Å². The number of halogens is 2. The summed E-state index contributed by atoms with van der Waals surface area (Å²) in [5, 5.41) is 3.66. The number of amides is 3. The number of rotatable bonds is 5. The summed E-state index contributed by atoms with van der Waals surface area (Å²) in [7, 11) is 1.42. The number of likely N-dealkylation sites (N-methyl/N-ethyl adjacent to an activating group) is 1. The highest BCUT2D eigenvalue weighted by Crippen LogP contribution is 2.19. The van der Waals surface area contributed by atoms with Crippen LogP contribution in [0, 0.1) is 11.6 Å². The first-order valence-corrected chi connectivity index (χ1v) is 8.90. The lowest BCUT2D eigenvalue weighted by molar-refractivity contribution is -0.130. The molecule has 0 aromatic heterocycles. The van der Waals surface area contributed by atoms with Gasteiger partial charge in [0.05, 0.1) is 6.42 Å². The molecule has 2 aromatic rings. The zero-order chi connectivity index (χ0) is 21.1. The summed E-state index contributed by atoms with van der Waals surface area (Å²) >= 11 is 5.18. The minimum absolute atomic E-state index is 0.000616. The molecule has 2 N–H and O–H groups in total. The van der Waals surface area contributed by atoms with E-state index in [1.54, 1.807) is 0 Å². The van der Waals surface area contributed by atoms with Crippen molar-refractivity contribution in [3.63, 3.8) is 0 Å². The Labute approximate surface area is 170 Å². The maximum absolute atomic E-state index is 13.4. The molecule has 7 nitrogen and oxygen atoms in total. The van der Waals surface area contributed by atoms with Crippen molar-refractivity contribution in [2.75, 3.05) is 12.4 Å². The average Bonchev–Trinajstić information content (AvgIpc) is 2.88. The second-order valence-electron chi connectivity index (χ2n) is 6.28. The van der Waals surface area contributed by atoms with E-state index in [1.807, 2.05) is 0 Å². The highest BCUT2D eigenvalue weighted by Gasteiger charge is 2.42. The van der Waals surface area contributed by atoms with Gasteiger partial charge in [-0.05, 0) is 54.7 Å². The Kier molecular flexibility index (Phi) is 5.83. The van der Waals surface area contributed by atoms with Crippen molar-refractivity contribution in [3.8, 4) is 0 Å². The lowest BCUT2D eigenvalue weighted by Gasteiger charge is -2.24. The van der Waals surface area contributed by atoms with Crippen LogP contribution in [0.15, 0.2) is 48.5 Å². The minimum atomic E-state index is -1.08. The molecule has 1 heterocycles. The highest BCUT2D eigenvalue weighted by molar-refractivity contribution is 7.80. The van der Waals surface area contributed by atoms with E-state index in [9.17, 15) is 23.2 Å². The summed E-state index contributed by atoms with van der Waals surface area (Å²) < 4.78 is 26.3. The molecule has 3 amide bonds. The van der Waals surface area contributed by atoms with E-state index in [2.05, 4.69) is 10.7 Å². The summed E-state index contributed by atoms with van der Waals surface area (Å²) in [6, 6.07) is 9.05. The van der Waals surface area contributed by atoms with Crippen LogP contribution in [-0.4, -0.2) is 45.8 Å². The van der Waals surface area contributed by atoms with E-state index in [0.29, 0.717) is 5.69 Å². The zero-order valence-electron chi connectivity index (χ0n) is 15.2. The van der Waals surface area contributed by atoms with Crippen LogP contribution in [0.5, 0.6) is 0 Å². The molecule has 2 aromatic carbocycles. The topological polar surface area (TPSA) is 81.8 Å². The number of hydrogen-bond donors (Lipinski definition) is 2. The van der Waals surface area contributed by atoms with Crippen LogP contribution in [0.25, 0.3) is 0 Å². The SMILES string of the molecule is CN1C(=O)[C@H](CC(=O)Nc2ccc(F)cc2)N(NC(=O)c2cccc(F)c2)C1=S. The second-order valence-corrected chi connectivity index (χ2v) is 6.64. The Hall–Kier alpha value is -3.40. The Morgan fingerprint density at radius 1 is 1.10 bits per heavy atom. The third kappa shape index (κ3) is 4.54. The quantitative estimate of drug-likeness (QED) is 0.727. The van der Waals surface area contributed by atoms with E-state index >= 15 is 0 Å². The maximum atomic E-state index is 13.4. The normalized spacial score (nSPS) is 16.2. The van der Waals surface area contributed by atoms with Gasteiger partial charge in [-0.2, -0.15) is 0 Å². The van der Waals surface area contributed by atoms with E-state index in [4.69, 9.17) is 12.2 Å². The molecule has 0 unspecified atom stereocenters. The number of carbonyl (C=O) groups is 3. The van der Waals surface area contributed by atoms with Crippen molar-refractivity contribution in [3.05, 3.63) is 65.7 Å². The number of hydrogen-bond acceptors (Lipinski definition) is 4. The molecular weight excluding hydrogens is 402 g/mol. The molecule has 3 rings (SSSR count). The van der Waals surface area contributed by atoms with E-state index in [1.165, 1.54) is 49.5 Å². The first kappa shape index (κ1) is 20.3. The number of benzene rings is 2. The van der Waals surface area contributed by atoms with Gasteiger partial charge in [0.2, 0.25) is 5.91 Å². The zero-order valence-corrected chi connectivity index (χ0v) is 16.0. The van der Waals surface area contributed by atoms with E-state index in [-0.39, 0.29) is 17.1 Å². The monoisotopic (exact) mass is 418 g/mol. The van der Waals surface area contributed by atoms with Gasteiger partial charge in [-0.15, -0.1) is 0 Å². The summed E-state index contributed by atoms with van der Waals surface area (Å²) in [5.41, 5.74) is 2.84. The predicted octanol–water partition coefficient (Wildman–Crippen LogP) is 2.07. The van der Waals surface area contributed by atoms with Gasteiger partial charge in [0.15, 0.2) is 5.11 Å². The molecule has 1 fully saturated rings. The van der Waals surface area contributed by atoms with Crippen LogP contribution in [0.1, 0.15) is 16.8 Å². The molecule has 0 radical (unpaired) electrons. The van der Waals surface area contributed by atoms with Crippen molar-refractivity contribution in [2.24, 2.45) is 0 Å². The van der Waals surface area contributed by atoms with Crippen LogP contribution < -0.4 is 10.7 Å². The number of thiocarbonyl (C=S) groups is 1. The fourth-order valence-electron chi connectivity index (χ4n) is 2.75. The Balaban J connectivity index is 1.73. The summed E-state index contributed by atoms with van der Waals surface area (Å²) in [5.74, 6) is -2.74. The minimum Gasteiger partial charge on any atom is -0.326 e. The molecular formula is C19H16F2N4O3S. The molecule has 0 aliphatic carbocycles. The van der Waals surface area contributed by atoms with Crippen molar-refractivity contribution in [2.45, 2.75) is 12.5 Å².